The van der Waals surface area contributed by atoms with E-state index >= 15 is 0 Å². The molecule has 0 aliphatic carbocycles. The minimum Gasteiger partial charge on any atom is -0.392 e. The fraction of sp³-hybridized carbons (Fsp3) is 0.217. The summed E-state index contributed by atoms with van der Waals surface area (Å²) in [6.45, 7) is 2.38. The van der Waals surface area contributed by atoms with E-state index in [-0.39, 0.29) is 18.2 Å². The lowest BCUT2D eigenvalue weighted by Gasteiger charge is -2.21. The highest BCUT2D eigenvalue weighted by Crippen LogP contribution is 2.39. The van der Waals surface area contributed by atoms with Crippen LogP contribution in [0.15, 0.2) is 72.8 Å². The number of alkyl halides is 3. The molecule has 0 aliphatic heterocycles. The lowest BCUT2D eigenvalue weighted by molar-refractivity contribution is -0.137. The van der Waals surface area contributed by atoms with Crippen molar-refractivity contribution in [2.75, 3.05) is 0 Å². The molecule has 0 aromatic heterocycles. The summed E-state index contributed by atoms with van der Waals surface area (Å²) in [5.74, 6) is 0. The van der Waals surface area contributed by atoms with Gasteiger partial charge in [0.1, 0.15) is 0 Å². The van der Waals surface area contributed by atoms with Gasteiger partial charge in [-0.15, -0.1) is 0 Å². The summed E-state index contributed by atoms with van der Waals surface area (Å²) >= 11 is 0. The van der Waals surface area contributed by atoms with Gasteiger partial charge in [-0.05, 0) is 40.8 Å². The van der Waals surface area contributed by atoms with Crippen LogP contribution in [0.4, 0.5) is 13.2 Å². The average Bonchev–Trinajstić information content (AvgIpc) is 2.71. The van der Waals surface area contributed by atoms with Gasteiger partial charge in [-0.3, -0.25) is 0 Å². The van der Waals surface area contributed by atoms with Crippen LogP contribution < -0.4 is 5.32 Å². The van der Waals surface area contributed by atoms with Gasteiger partial charge in [-0.2, -0.15) is 13.2 Å². The Morgan fingerprint density at radius 1 is 0.821 bits per heavy atom. The highest BCUT2D eigenvalue weighted by atomic mass is 19.4. The van der Waals surface area contributed by atoms with Crippen LogP contribution in [-0.2, 0) is 19.3 Å². The predicted octanol–water partition coefficient (Wildman–Crippen LogP) is 5.72. The number of aliphatic hydroxyl groups excluding tert-OH is 1. The monoisotopic (exact) mass is 385 g/mol. The molecule has 2 N–H and O–H groups in total. The molecule has 0 aliphatic rings. The zero-order valence-corrected chi connectivity index (χ0v) is 15.5. The van der Waals surface area contributed by atoms with Crippen LogP contribution in [0.1, 0.15) is 35.2 Å². The second kappa shape index (κ2) is 8.59. The molecule has 5 heteroatoms. The molecule has 0 saturated carbocycles. The fourth-order valence-corrected chi connectivity index (χ4v) is 3.34. The Labute approximate surface area is 162 Å². The van der Waals surface area contributed by atoms with Gasteiger partial charge in [0.15, 0.2) is 0 Å². The smallest absolute Gasteiger partial charge is 0.392 e. The molecule has 1 unspecified atom stereocenters. The van der Waals surface area contributed by atoms with E-state index in [4.69, 9.17) is 0 Å². The summed E-state index contributed by atoms with van der Waals surface area (Å²) in [4.78, 5) is 0. The number of hydrogen-bond donors (Lipinski definition) is 2. The first-order chi connectivity index (χ1) is 13.4. The Kier molecular flexibility index (Phi) is 6.17. The Morgan fingerprint density at radius 3 is 2.07 bits per heavy atom. The van der Waals surface area contributed by atoms with E-state index in [0.717, 1.165) is 22.8 Å². The number of benzene rings is 3. The van der Waals surface area contributed by atoms with Crippen LogP contribution in [0.2, 0.25) is 0 Å². The van der Waals surface area contributed by atoms with Crippen molar-refractivity contribution >= 4 is 0 Å². The van der Waals surface area contributed by atoms with Gasteiger partial charge in [0, 0.05) is 12.6 Å². The third kappa shape index (κ3) is 4.43. The van der Waals surface area contributed by atoms with Crippen LogP contribution in [0.25, 0.3) is 11.1 Å². The van der Waals surface area contributed by atoms with Crippen molar-refractivity contribution < 1.29 is 18.3 Å². The van der Waals surface area contributed by atoms with Crippen molar-refractivity contribution in [3.8, 4) is 11.1 Å². The normalized spacial score (nSPS) is 12.8. The number of aliphatic hydroxyl groups is 1. The number of hydrogen-bond acceptors (Lipinski definition) is 2. The van der Waals surface area contributed by atoms with E-state index in [1.54, 1.807) is 18.2 Å². The van der Waals surface area contributed by atoms with E-state index < -0.39 is 11.7 Å². The maximum atomic E-state index is 13.5. The van der Waals surface area contributed by atoms with Gasteiger partial charge in [-0.25, -0.2) is 0 Å². The second-order valence-electron chi connectivity index (χ2n) is 6.66. The van der Waals surface area contributed by atoms with Crippen molar-refractivity contribution in [1.82, 2.24) is 5.32 Å². The second-order valence-corrected chi connectivity index (χ2v) is 6.66. The summed E-state index contributed by atoms with van der Waals surface area (Å²) in [6.07, 6.45) is -4.42. The van der Waals surface area contributed by atoms with E-state index in [1.165, 1.54) is 12.1 Å². The molecule has 146 valence electrons. The minimum absolute atomic E-state index is 0.0538. The molecule has 0 spiro atoms. The Bertz CT molecular complexity index is 937. The maximum absolute atomic E-state index is 13.5. The molecule has 3 rings (SSSR count). The van der Waals surface area contributed by atoms with Gasteiger partial charge in [-0.1, -0.05) is 66.7 Å². The topological polar surface area (TPSA) is 32.3 Å². The highest BCUT2D eigenvalue weighted by Gasteiger charge is 2.33. The SMILES string of the molecule is CC(NCc1ccccc1CO)c1ccccc1-c1ccccc1C(F)(F)F. The minimum atomic E-state index is -4.42. The summed E-state index contributed by atoms with van der Waals surface area (Å²) < 4.78 is 40.4. The van der Waals surface area contributed by atoms with Crippen LogP contribution >= 0.6 is 0 Å². The summed E-state index contributed by atoms with van der Waals surface area (Å²) in [6, 6.07) is 20.2. The van der Waals surface area contributed by atoms with E-state index in [1.807, 2.05) is 43.3 Å². The molecular formula is C23H22F3NO. The van der Waals surface area contributed by atoms with Gasteiger partial charge in [0.05, 0.1) is 12.2 Å². The fourth-order valence-electron chi connectivity index (χ4n) is 3.34. The van der Waals surface area contributed by atoms with E-state index in [0.29, 0.717) is 12.1 Å². The summed E-state index contributed by atoms with van der Waals surface area (Å²) in [5.41, 5.74) is 2.68. The zero-order valence-electron chi connectivity index (χ0n) is 15.5. The first-order valence-corrected chi connectivity index (χ1v) is 9.08. The summed E-state index contributed by atoms with van der Waals surface area (Å²) in [5, 5.41) is 12.8. The van der Waals surface area contributed by atoms with Gasteiger partial charge in [0.2, 0.25) is 0 Å². The van der Waals surface area contributed by atoms with E-state index in [2.05, 4.69) is 5.32 Å². The van der Waals surface area contributed by atoms with E-state index in [9.17, 15) is 18.3 Å². The molecule has 0 radical (unpaired) electrons. The summed E-state index contributed by atoms with van der Waals surface area (Å²) in [7, 11) is 0. The lowest BCUT2D eigenvalue weighted by atomic mass is 9.92. The van der Waals surface area contributed by atoms with Crippen molar-refractivity contribution in [3.63, 3.8) is 0 Å². The average molecular weight is 385 g/mol. The largest absolute Gasteiger partial charge is 0.417 e. The van der Waals surface area contributed by atoms with Crippen LogP contribution in [0, 0.1) is 0 Å². The molecule has 0 saturated heterocycles. The number of nitrogens with one attached hydrogen (secondary N) is 1. The Hall–Kier alpha value is -2.63. The first-order valence-electron chi connectivity index (χ1n) is 9.08. The molecule has 28 heavy (non-hydrogen) atoms. The predicted molar refractivity (Wildman–Crippen MR) is 104 cm³/mol. The molecule has 3 aromatic rings. The molecule has 0 heterocycles. The molecule has 1 atom stereocenters. The molecule has 0 amide bonds. The highest BCUT2D eigenvalue weighted by molar-refractivity contribution is 5.71. The van der Waals surface area contributed by atoms with Crippen molar-refractivity contribution in [2.24, 2.45) is 0 Å². The number of rotatable bonds is 6. The van der Waals surface area contributed by atoms with Gasteiger partial charge >= 0.3 is 6.18 Å². The van der Waals surface area contributed by atoms with Crippen molar-refractivity contribution in [3.05, 3.63) is 95.1 Å². The van der Waals surface area contributed by atoms with Gasteiger partial charge in [0.25, 0.3) is 0 Å². The van der Waals surface area contributed by atoms with Crippen molar-refractivity contribution in [1.29, 1.82) is 0 Å². The van der Waals surface area contributed by atoms with Gasteiger partial charge < -0.3 is 10.4 Å². The van der Waals surface area contributed by atoms with Crippen LogP contribution in [0.3, 0.4) is 0 Å². The van der Waals surface area contributed by atoms with Crippen LogP contribution in [-0.4, -0.2) is 5.11 Å². The third-order valence-electron chi connectivity index (χ3n) is 4.84. The zero-order chi connectivity index (χ0) is 20.1. The lowest BCUT2D eigenvalue weighted by Crippen LogP contribution is -2.20. The Balaban J connectivity index is 1.91. The molecule has 0 fully saturated rings. The Morgan fingerprint density at radius 2 is 1.39 bits per heavy atom. The van der Waals surface area contributed by atoms with Crippen LogP contribution in [0.5, 0.6) is 0 Å². The molecule has 2 nitrogen and oxygen atoms in total. The maximum Gasteiger partial charge on any atom is 0.417 e. The van der Waals surface area contributed by atoms with Crippen molar-refractivity contribution in [2.45, 2.75) is 32.3 Å². The quantitative estimate of drug-likeness (QED) is 0.569. The molecule has 0 bridgehead atoms. The first kappa shape index (κ1) is 20.1. The molecule has 3 aromatic carbocycles. The standard InChI is InChI=1S/C23H22F3NO/c1-16(27-14-17-8-2-3-9-18(17)15-28)19-10-4-5-11-20(19)21-12-6-7-13-22(21)23(24,25)26/h2-13,16,27-28H,14-15H2,1H3. The molecular weight excluding hydrogens is 363 g/mol. The number of halogens is 3. The third-order valence-corrected chi connectivity index (χ3v) is 4.84.